The number of hydrogen-bond acceptors (Lipinski definition) is 15. The molecule has 368 valence electrons. The molecule has 0 aromatic carbocycles. The van der Waals surface area contributed by atoms with Crippen molar-refractivity contribution in [1.29, 1.82) is 0 Å². The Labute approximate surface area is 380 Å². The molecule has 12 atom stereocenters. The van der Waals surface area contributed by atoms with Gasteiger partial charge in [0.2, 0.25) is 0 Å². The number of carbonyl (C=O) groups excluding carboxylic acids is 3. The average Bonchev–Trinajstić information content (AvgIpc) is 3.26. The number of Topliss-reactive ketones (excluding diaryl/α,β-unsaturated/α-hetero) is 1. The van der Waals surface area contributed by atoms with Crippen LogP contribution in [0.25, 0.3) is 0 Å². The summed E-state index contributed by atoms with van der Waals surface area (Å²) in [6.45, 7) is 2.75. The Bertz CT molecular complexity index is 1480. The summed E-state index contributed by atoms with van der Waals surface area (Å²) in [4.78, 5) is 50.0. The van der Waals surface area contributed by atoms with Crippen LogP contribution in [0.3, 0.4) is 0 Å². The SMILES string of the molecule is CCCCC/C=C\C/C=C\C/C=C\CCCCC(=O)OC[C@@H]1COP(=O)(O)O[C@H]2[C@H](O)[C@@H](O)[C@H](O)[C@@H](CCCCCCC(=O)O1)[C@@H](O)CC(=O)[C@H](C=C[C@@H](O)CCCCC)[C@@H](O)[C@H]2O. The molecule has 2 bridgehead atoms. The van der Waals surface area contributed by atoms with Crippen molar-refractivity contribution in [3.63, 3.8) is 0 Å². The largest absolute Gasteiger partial charge is 0.472 e. The van der Waals surface area contributed by atoms with E-state index in [9.17, 15) is 59.6 Å². The number of aliphatic hydroxyl groups is 7. The number of hydrogen-bond donors (Lipinski definition) is 8. The number of phosphoric acid groups is 1. The third-order valence-electron chi connectivity index (χ3n) is 11.5. The minimum atomic E-state index is -5.46. The first-order valence-corrected chi connectivity index (χ1v) is 25.0. The van der Waals surface area contributed by atoms with Gasteiger partial charge < -0.3 is 50.1 Å². The molecule has 2 rings (SSSR count). The average molecular weight is 931 g/mol. The lowest BCUT2D eigenvalue weighted by Gasteiger charge is -2.37. The molecule has 1 saturated carbocycles. The fourth-order valence-corrected chi connectivity index (χ4v) is 8.60. The van der Waals surface area contributed by atoms with Gasteiger partial charge in [-0.3, -0.25) is 23.4 Å². The smallest absolute Gasteiger partial charge is 0.462 e. The first-order valence-electron chi connectivity index (χ1n) is 23.5. The second-order valence-electron chi connectivity index (χ2n) is 17.0. The lowest BCUT2D eigenvalue weighted by Crippen LogP contribution is -2.55. The van der Waals surface area contributed by atoms with Crippen LogP contribution >= 0.6 is 7.82 Å². The summed E-state index contributed by atoms with van der Waals surface area (Å²) in [5.41, 5.74) is 0. The Morgan fingerprint density at radius 2 is 1.39 bits per heavy atom. The normalized spacial score (nSPS) is 31.7. The Morgan fingerprint density at radius 3 is 2.06 bits per heavy atom. The molecule has 64 heavy (non-hydrogen) atoms. The van der Waals surface area contributed by atoms with Crippen molar-refractivity contribution < 1.29 is 78.1 Å². The summed E-state index contributed by atoms with van der Waals surface area (Å²) < 4.78 is 34.6. The number of esters is 2. The van der Waals surface area contributed by atoms with E-state index in [2.05, 4.69) is 37.3 Å². The number of ketones is 1. The first-order chi connectivity index (χ1) is 30.6. The topological polar surface area (TPSA) is 267 Å². The molecule has 0 spiro atoms. The Balaban J connectivity index is 2.18. The van der Waals surface area contributed by atoms with E-state index in [0.717, 1.165) is 51.0 Å². The molecule has 1 aliphatic carbocycles. The number of aliphatic hydroxyl groups excluding tert-OH is 7. The van der Waals surface area contributed by atoms with Crippen LogP contribution in [0.4, 0.5) is 0 Å². The van der Waals surface area contributed by atoms with Crippen LogP contribution < -0.4 is 0 Å². The van der Waals surface area contributed by atoms with E-state index >= 15 is 0 Å². The van der Waals surface area contributed by atoms with Crippen LogP contribution in [0.1, 0.15) is 149 Å². The molecule has 1 aliphatic heterocycles. The summed E-state index contributed by atoms with van der Waals surface area (Å²) in [5.74, 6) is -5.02. The summed E-state index contributed by atoms with van der Waals surface area (Å²) in [6.07, 6.45) is 9.70. The Hall–Kier alpha value is -2.60. The number of rotatable bonds is 21. The van der Waals surface area contributed by atoms with Crippen molar-refractivity contribution >= 4 is 25.5 Å². The Morgan fingerprint density at radius 1 is 0.781 bits per heavy atom. The van der Waals surface area contributed by atoms with Crippen LogP contribution in [-0.2, 0) is 37.5 Å². The zero-order chi connectivity index (χ0) is 47.3. The highest BCUT2D eigenvalue weighted by molar-refractivity contribution is 7.47. The van der Waals surface area contributed by atoms with E-state index in [0.29, 0.717) is 44.9 Å². The predicted molar refractivity (Wildman–Crippen MR) is 240 cm³/mol. The van der Waals surface area contributed by atoms with E-state index in [1.54, 1.807) is 0 Å². The van der Waals surface area contributed by atoms with Crippen LogP contribution in [0, 0.1) is 11.8 Å². The van der Waals surface area contributed by atoms with Crippen LogP contribution in [0.15, 0.2) is 48.6 Å². The third kappa shape index (κ3) is 23.2. The highest BCUT2D eigenvalue weighted by atomic mass is 31.2. The van der Waals surface area contributed by atoms with Crippen LogP contribution in [-0.4, -0.2) is 127 Å². The molecule has 8 N–H and O–H groups in total. The summed E-state index contributed by atoms with van der Waals surface area (Å²) >= 11 is 0. The maximum absolute atomic E-state index is 13.7. The number of unbranched alkanes of at least 4 members (excludes halogenated alkanes) is 7. The van der Waals surface area contributed by atoms with Crippen LogP contribution in [0.5, 0.6) is 0 Å². The van der Waals surface area contributed by atoms with Gasteiger partial charge in [-0.25, -0.2) is 4.57 Å². The van der Waals surface area contributed by atoms with Gasteiger partial charge in [-0.15, -0.1) is 0 Å². The van der Waals surface area contributed by atoms with Crippen molar-refractivity contribution in [3.8, 4) is 0 Å². The molecule has 17 heteroatoms. The van der Waals surface area contributed by atoms with Crippen molar-refractivity contribution in [2.75, 3.05) is 13.2 Å². The van der Waals surface area contributed by atoms with Gasteiger partial charge in [-0.1, -0.05) is 114 Å². The first kappa shape index (κ1) is 57.5. The van der Waals surface area contributed by atoms with Crippen LogP contribution in [0.2, 0.25) is 0 Å². The van der Waals surface area contributed by atoms with Gasteiger partial charge in [-0.05, 0) is 64.2 Å². The number of cyclic esters (lactones) is 1. The van der Waals surface area contributed by atoms with E-state index in [-0.39, 0.29) is 19.3 Å². The van der Waals surface area contributed by atoms with Gasteiger partial charge in [0.1, 0.15) is 36.8 Å². The number of fused-ring (bicyclic) bond motifs is 4. The second-order valence-corrected chi connectivity index (χ2v) is 18.4. The summed E-state index contributed by atoms with van der Waals surface area (Å²) in [5, 5.41) is 78.4. The zero-order valence-electron chi connectivity index (χ0n) is 38.0. The molecular weight excluding hydrogens is 851 g/mol. The molecule has 16 nitrogen and oxygen atoms in total. The van der Waals surface area contributed by atoms with Gasteiger partial charge >= 0.3 is 19.8 Å². The Kier molecular flexibility index (Phi) is 29.6. The molecule has 1 heterocycles. The molecule has 1 unspecified atom stereocenters. The summed E-state index contributed by atoms with van der Waals surface area (Å²) in [6, 6.07) is 0. The molecule has 2 aliphatic rings. The summed E-state index contributed by atoms with van der Waals surface area (Å²) in [7, 11) is -5.46. The fourth-order valence-electron chi connectivity index (χ4n) is 7.63. The highest BCUT2D eigenvalue weighted by Crippen LogP contribution is 2.47. The van der Waals surface area contributed by atoms with Gasteiger partial charge in [-0.2, -0.15) is 0 Å². The van der Waals surface area contributed by atoms with E-state index in [1.165, 1.54) is 25.3 Å². The fraction of sp³-hybridized carbons (Fsp3) is 0.766. The van der Waals surface area contributed by atoms with E-state index < -0.39 is 112 Å². The minimum absolute atomic E-state index is 0.0258. The minimum Gasteiger partial charge on any atom is -0.462 e. The van der Waals surface area contributed by atoms with Gasteiger partial charge in [0.25, 0.3) is 0 Å². The predicted octanol–water partition coefficient (Wildman–Crippen LogP) is 5.76. The molecule has 1 saturated heterocycles. The molecule has 0 amide bonds. The van der Waals surface area contributed by atoms with E-state index in [1.807, 2.05) is 13.0 Å². The van der Waals surface area contributed by atoms with Crippen molar-refractivity contribution in [2.45, 2.75) is 204 Å². The van der Waals surface area contributed by atoms with Crippen molar-refractivity contribution in [1.82, 2.24) is 0 Å². The van der Waals surface area contributed by atoms with Gasteiger partial charge in [0.15, 0.2) is 6.10 Å². The highest BCUT2D eigenvalue weighted by Gasteiger charge is 2.49. The van der Waals surface area contributed by atoms with Gasteiger partial charge in [0.05, 0.1) is 36.9 Å². The lowest BCUT2D eigenvalue weighted by atomic mass is 9.82. The molecule has 0 aromatic heterocycles. The molecule has 0 aromatic rings. The molecule has 2 fully saturated rings. The second kappa shape index (κ2) is 33.0. The maximum atomic E-state index is 13.7. The number of ether oxygens (including phenoxy) is 2. The number of allylic oxidation sites excluding steroid dienone is 6. The third-order valence-corrected chi connectivity index (χ3v) is 12.5. The van der Waals surface area contributed by atoms with Gasteiger partial charge in [0, 0.05) is 25.2 Å². The monoisotopic (exact) mass is 931 g/mol. The molecule has 0 radical (unpaired) electrons. The van der Waals surface area contributed by atoms with E-state index in [4.69, 9.17) is 18.5 Å². The van der Waals surface area contributed by atoms with Crippen molar-refractivity contribution in [3.05, 3.63) is 48.6 Å². The number of phosphoric ester groups is 1. The molecular formula is C47H79O16P. The van der Waals surface area contributed by atoms with Crippen molar-refractivity contribution in [2.24, 2.45) is 11.8 Å². The zero-order valence-corrected chi connectivity index (χ0v) is 38.9. The maximum Gasteiger partial charge on any atom is 0.472 e. The standard InChI is InChI=1S/C47H79O16P/c1-3-5-7-8-9-10-11-12-13-14-15-16-17-18-23-27-40(51)60-32-35-33-61-64(58,59)63-47-45(56)43(54)37(30-29-34(48)25-21-6-4-2)39(50)31-38(49)36(42(53)44(55)46(47)57)26-22-19-20-24-28-41(52)62-35/h9-10,12-13,15-16,29-30,34-38,42-49,53-57H,3-8,11,14,17-28,31-33H2,1-2H3,(H,58,59)/b10-9-,13-12-,16-15-,30-29?/t34-,35+,36-,37-,38-,42+,43+,44-,45+,46+,47+/m0/s1. The lowest BCUT2D eigenvalue weighted by molar-refractivity contribution is -0.167. The number of carbonyl (C=O) groups is 3. The quantitative estimate of drug-likeness (QED) is 0.0295.